The maximum atomic E-state index is 13.7. The number of aliphatic hydroxyl groups excluding tert-OH is 2. The van der Waals surface area contributed by atoms with Crippen LogP contribution >= 0.6 is 0 Å². The van der Waals surface area contributed by atoms with Gasteiger partial charge in [0.2, 0.25) is 17.5 Å². The van der Waals surface area contributed by atoms with Crippen molar-refractivity contribution in [3.8, 4) is 5.75 Å². The van der Waals surface area contributed by atoms with Gasteiger partial charge < -0.3 is 40.9 Å². The lowest BCUT2D eigenvalue weighted by atomic mass is 9.56. The molecule has 3 aliphatic carbocycles. The molecule has 2 amide bonds. The van der Waals surface area contributed by atoms with Gasteiger partial charge in [-0.3, -0.25) is 19.2 Å². The number of phenols is 1. The molecule has 3 aliphatic rings. The zero-order valence-electron chi connectivity index (χ0n) is 21.2. The van der Waals surface area contributed by atoms with Gasteiger partial charge in [-0.1, -0.05) is 5.16 Å². The first-order valence-corrected chi connectivity index (χ1v) is 12.3. The number of hydrogen-bond donors (Lipinski definition) is 6. The van der Waals surface area contributed by atoms with Crippen molar-refractivity contribution >= 4 is 34.8 Å². The van der Waals surface area contributed by atoms with Crippen LogP contribution in [-0.4, -0.2) is 74.8 Å². The Morgan fingerprint density at radius 2 is 1.97 bits per heavy atom. The maximum Gasteiger partial charge on any atom is 0.290 e. The number of phenolic OH excluding ortho intramolecular Hbond substituents is 1. The van der Waals surface area contributed by atoms with Crippen molar-refractivity contribution in [2.75, 3.05) is 19.0 Å². The fraction of sp³-hybridized carbons (Fsp3) is 0.423. The smallest absolute Gasteiger partial charge is 0.290 e. The van der Waals surface area contributed by atoms with Crippen molar-refractivity contribution in [3.05, 3.63) is 46.4 Å². The van der Waals surface area contributed by atoms with Crippen LogP contribution in [0.1, 0.15) is 40.1 Å². The molecule has 1 heterocycles. The Bertz CT molecular complexity index is 1430. The van der Waals surface area contributed by atoms with Gasteiger partial charge in [0.15, 0.2) is 11.4 Å². The lowest BCUT2D eigenvalue weighted by Gasteiger charge is -2.48. The summed E-state index contributed by atoms with van der Waals surface area (Å²) >= 11 is 0. The van der Waals surface area contributed by atoms with Crippen molar-refractivity contribution in [1.82, 2.24) is 10.5 Å². The molecule has 0 aliphatic heterocycles. The van der Waals surface area contributed by atoms with Crippen molar-refractivity contribution in [3.63, 3.8) is 0 Å². The lowest BCUT2D eigenvalue weighted by molar-refractivity contribution is -0.174. The number of rotatable bonds is 5. The van der Waals surface area contributed by atoms with Crippen LogP contribution in [0.2, 0.25) is 0 Å². The van der Waals surface area contributed by atoms with Crippen LogP contribution in [0.5, 0.6) is 5.75 Å². The summed E-state index contributed by atoms with van der Waals surface area (Å²) in [6, 6.07) is 3.02. The molecule has 0 saturated heterocycles. The largest absolute Gasteiger partial charge is 0.507 e. The zero-order valence-corrected chi connectivity index (χ0v) is 21.2. The highest BCUT2D eigenvalue weighted by molar-refractivity contribution is 6.24. The zero-order chi connectivity index (χ0) is 28.4. The van der Waals surface area contributed by atoms with Gasteiger partial charge in [-0.05, 0) is 36.8 Å². The molecule has 206 valence electrons. The summed E-state index contributed by atoms with van der Waals surface area (Å²) < 4.78 is 4.83. The van der Waals surface area contributed by atoms with Crippen molar-refractivity contribution in [2.45, 2.75) is 37.5 Å². The monoisotopic (exact) mass is 540 g/mol. The SMILES string of the molecule is CN(C)c1cc(CNC(=O)c2ccno2)c(O)c2c1C[C@H]1C[C@H]3CC(O)C(C(N)=O)C(=O)[C@@]3(O)C(=O)C1=C2O. The summed E-state index contributed by atoms with van der Waals surface area (Å²) in [4.78, 5) is 52.8. The topological polar surface area (TPSA) is 217 Å². The van der Waals surface area contributed by atoms with Crippen LogP contribution < -0.4 is 16.0 Å². The number of aliphatic hydroxyl groups is 3. The molecule has 13 nitrogen and oxygen atoms in total. The van der Waals surface area contributed by atoms with Crippen molar-refractivity contribution in [1.29, 1.82) is 0 Å². The van der Waals surface area contributed by atoms with Crippen LogP contribution in [0.4, 0.5) is 5.69 Å². The number of primary amides is 1. The van der Waals surface area contributed by atoms with E-state index in [9.17, 15) is 39.6 Å². The number of hydrogen-bond acceptors (Lipinski definition) is 11. The van der Waals surface area contributed by atoms with E-state index in [4.69, 9.17) is 10.3 Å². The van der Waals surface area contributed by atoms with E-state index in [1.807, 2.05) is 0 Å². The number of aromatic hydroxyl groups is 1. The molecule has 5 atom stereocenters. The molecule has 2 aromatic rings. The molecule has 0 radical (unpaired) electrons. The van der Waals surface area contributed by atoms with Crippen LogP contribution in [0, 0.1) is 17.8 Å². The lowest BCUT2D eigenvalue weighted by Crippen LogP contribution is -2.66. The van der Waals surface area contributed by atoms with Gasteiger partial charge in [0.05, 0.1) is 17.9 Å². The number of benzene rings is 1. The number of carbonyl (C=O) groups excluding carboxylic acids is 4. The number of nitrogens with two attached hydrogens (primary N) is 1. The van der Waals surface area contributed by atoms with Crippen molar-refractivity contribution < 1.29 is 44.1 Å². The van der Waals surface area contributed by atoms with E-state index >= 15 is 0 Å². The Labute approximate surface area is 221 Å². The van der Waals surface area contributed by atoms with Gasteiger partial charge >= 0.3 is 0 Å². The summed E-state index contributed by atoms with van der Waals surface area (Å²) in [6.45, 7) is -0.165. The highest BCUT2D eigenvalue weighted by Crippen LogP contribution is 2.53. The minimum Gasteiger partial charge on any atom is -0.507 e. The third kappa shape index (κ3) is 3.88. The molecule has 0 spiro atoms. The quantitative estimate of drug-likeness (QED) is 0.267. The Morgan fingerprint density at radius 1 is 1.26 bits per heavy atom. The molecule has 0 bridgehead atoms. The predicted octanol–water partition coefficient (Wildman–Crippen LogP) is -0.427. The van der Waals surface area contributed by atoms with Gasteiger partial charge in [0.1, 0.15) is 17.4 Å². The first kappa shape index (κ1) is 26.4. The Morgan fingerprint density at radius 3 is 2.59 bits per heavy atom. The number of fused-ring (bicyclic) bond motifs is 3. The number of ketones is 2. The predicted molar refractivity (Wildman–Crippen MR) is 133 cm³/mol. The Balaban J connectivity index is 1.59. The third-order valence-corrected chi connectivity index (χ3v) is 8.02. The second-order valence-electron chi connectivity index (χ2n) is 10.4. The first-order chi connectivity index (χ1) is 18.4. The summed E-state index contributed by atoms with van der Waals surface area (Å²) in [5, 5.41) is 50.4. The number of aromatic nitrogens is 1. The van der Waals surface area contributed by atoms with Gasteiger partial charge in [-0.2, -0.15) is 0 Å². The van der Waals surface area contributed by atoms with E-state index in [1.165, 1.54) is 12.3 Å². The minimum absolute atomic E-state index is 0.0415. The molecule has 13 heteroatoms. The van der Waals surface area contributed by atoms with Crippen molar-refractivity contribution in [2.24, 2.45) is 23.5 Å². The van der Waals surface area contributed by atoms with Gasteiger partial charge in [-0.25, -0.2) is 0 Å². The number of nitrogens with zero attached hydrogens (tertiary/aromatic N) is 2. The molecular weight excluding hydrogens is 512 g/mol. The van der Waals surface area contributed by atoms with E-state index in [2.05, 4.69) is 10.5 Å². The van der Waals surface area contributed by atoms with E-state index < -0.39 is 58.6 Å². The van der Waals surface area contributed by atoms with Gasteiger partial charge in [-0.15, -0.1) is 0 Å². The standard InChI is InChI=1S/C26H28N4O9/c1-30(2)14-7-11(9-28-25(37)16-3-4-29-39-16)20(32)18-13(14)6-10-5-12-8-15(31)19(24(27)36)23(35)26(12,38)22(34)17(10)21(18)33/h3-4,7,10,12,15,19,31-33,38H,5-6,8-9H2,1-2H3,(H2,27,36)(H,28,37)/t10-,12+,15?,19?,26+/m1/s1. The molecular formula is C26H28N4O9. The fourth-order valence-electron chi connectivity index (χ4n) is 6.16. The molecule has 2 unspecified atom stereocenters. The number of carbonyl (C=O) groups is 4. The van der Waals surface area contributed by atoms with Crippen LogP contribution in [0.25, 0.3) is 5.76 Å². The Hall–Kier alpha value is -4.23. The minimum atomic E-state index is -2.65. The van der Waals surface area contributed by atoms with Crippen LogP contribution in [0.15, 0.2) is 28.4 Å². The molecule has 5 rings (SSSR count). The van der Waals surface area contributed by atoms with Gasteiger partial charge in [0, 0.05) is 49.4 Å². The summed E-state index contributed by atoms with van der Waals surface area (Å²) in [5.74, 6) is -8.44. The van der Waals surface area contributed by atoms with E-state index in [-0.39, 0.29) is 54.0 Å². The average Bonchev–Trinajstić information content (AvgIpc) is 3.40. The fourth-order valence-corrected chi connectivity index (χ4v) is 6.16. The molecule has 1 aromatic heterocycles. The molecule has 1 aromatic carbocycles. The average molecular weight is 541 g/mol. The number of anilines is 1. The second-order valence-corrected chi connectivity index (χ2v) is 10.4. The molecule has 39 heavy (non-hydrogen) atoms. The highest BCUT2D eigenvalue weighted by atomic mass is 16.5. The third-order valence-electron chi connectivity index (χ3n) is 8.02. The van der Waals surface area contributed by atoms with E-state index in [0.29, 0.717) is 11.3 Å². The summed E-state index contributed by atoms with van der Waals surface area (Å²) in [6.07, 6.45) is -0.0900. The van der Waals surface area contributed by atoms with Gasteiger partial charge in [0.25, 0.3) is 5.91 Å². The number of Topliss-reactive ketones (excluding diaryl/α,β-unsaturated/α-hetero) is 2. The van der Waals surface area contributed by atoms with Crippen LogP contribution in [-0.2, 0) is 27.3 Å². The van der Waals surface area contributed by atoms with Crippen LogP contribution in [0.3, 0.4) is 0 Å². The maximum absolute atomic E-state index is 13.7. The first-order valence-electron chi connectivity index (χ1n) is 12.3. The second kappa shape index (κ2) is 9.20. The molecule has 2 saturated carbocycles. The van der Waals surface area contributed by atoms with E-state index in [0.717, 1.165) is 0 Å². The molecule has 7 N–H and O–H groups in total. The summed E-state index contributed by atoms with van der Waals surface area (Å²) in [7, 11) is 3.51. The number of amides is 2. The Kier molecular flexibility index (Phi) is 6.23. The van der Waals surface area contributed by atoms with E-state index in [1.54, 1.807) is 25.1 Å². The number of nitrogens with one attached hydrogen (secondary N) is 1. The highest BCUT2D eigenvalue weighted by Gasteiger charge is 2.64. The normalized spacial score (nSPS) is 27.9. The molecule has 2 fully saturated rings. The summed E-state index contributed by atoms with van der Waals surface area (Å²) in [5.41, 5.74) is 3.70.